The lowest BCUT2D eigenvalue weighted by molar-refractivity contribution is 0.0988. The Hall–Kier alpha value is -3.12. The van der Waals surface area contributed by atoms with E-state index in [-0.39, 0.29) is 5.91 Å². The van der Waals surface area contributed by atoms with Crippen LogP contribution >= 0.6 is 11.6 Å². The molecule has 0 saturated heterocycles. The highest BCUT2D eigenvalue weighted by atomic mass is 35.5. The van der Waals surface area contributed by atoms with Gasteiger partial charge in [0.2, 0.25) is 5.95 Å². The zero-order valence-corrected chi connectivity index (χ0v) is 16.0. The fraction of sp³-hybridized carbons (Fsp3) is 0.150. The lowest BCUT2D eigenvalue weighted by atomic mass is 10.2. The first-order valence-corrected chi connectivity index (χ1v) is 8.65. The molecule has 27 heavy (non-hydrogen) atoms. The largest absolute Gasteiger partial charge is 0.495 e. The van der Waals surface area contributed by atoms with Crippen LogP contribution in [-0.2, 0) is 0 Å². The van der Waals surface area contributed by atoms with Gasteiger partial charge in [0.15, 0.2) is 0 Å². The van der Waals surface area contributed by atoms with Crippen molar-refractivity contribution in [2.45, 2.75) is 6.92 Å². The topological polar surface area (TPSA) is 67.3 Å². The van der Waals surface area contributed by atoms with Crippen LogP contribution in [0.2, 0.25) is 5.02 Å². The number of methoxy groups -OCH3 is 1. The first kappa shape index (κ1) is 18.7. The molecule has 3 aromatic rings. The second kappa shape index (κ2) is 8.05. The van der Waals surface area contributed by atoms with Gasteiger partial charge in [-0.15, -0.1) is 0 Å². The first-order chi connectivity index (χ1) is 13.0. The van der Waals surface area contributed by atoms with Gasteiger partial charge in [-0.3, -0.25) is 4.79 Å². The third kappa shape index (κ3) is 4.35. The lowest BCUT2D eigenvalue weighted by Crippen LogP contribution is -2.27. The number of hydrogen-bond acceptors (Lipinski definition) is 5. The van der Waals surface area contributed by atoms with E-state index in [2.05, 4.69) is 15.3 Å². The van der Waals surface area contributed by atoms with Crippen molar-refractivity contribution < 1.29 is 9.53 Å². The van der Waals surface area contributed by atoms with Crippen LogP contribution in [-0.4, -0.2) is 30.0 Å². The fourth-order valence-electron chi connectivity index (χ4n) is 2.55. The second-order valence-electron chi connectivity index (χ2n) is 5.89. The Labute approximate surface area is 162 Å². The summed E-state index contributed by atoms with van der Waals surface area (Å²) in [6.07, 6.45) is 0. The summed E-state index contributed by atoms with van der Waals surface area (Å²) in [6.45, 7) is 1.81. The maximum absolute atomic E-state index is 12.8. The number of rotatable bonds is 5. The molecule has 0 spiro atoms. The number of aromatic nitrogens is 2. The van der Waals surface area contributed by atoms with E-state index in [4.69, 9.17) is 16.3 Å². The maximum atomic E-state index is 12.8. The summed E-state index contributed by atoms with van der Waals surface area (Å²) in [6, 6.07) is 16.3. The molecule has 0 radical (unpaired) electrons. The van der Waals surface area contributed by atoms with Crippen LogP contribution < -0.4 is 15.0 Å². The Morgan fingerprint density at radius 1 is 1.11 bits per heavy atom. The minimum Gasteiger partial charge on any atom is -0.495 e. The van der Waals surface area contributed by atoms with Gasteiger partial charge in [0.25, 0.3) is 5.91 Å². The SMILES string of the molecule is COc1ccc(Nc2nc(C)cc(C(=O)N(C)c3ccccc3)n2)cc1Cl. The predicted molar refractivity (Wildman–Crippen MR) is 107 cm³/mol. The number of para-hydroxylation sites is 1. The van der Waals surface area contributed by atoms with Gasteiger partial charge in [0, 0.05) is 24.1 Å². The van der Waals surface area contributed by atoms with Crippen LogP contribution in [0.5, 0.6) is 5.75 Å². The fourth-order valence-corrected chi connectivity index (χ4v) is 2.81. The predicted octanol–water partition coefficient (Wildman–Crippen LogP) is 4.47. The Kier molecular flexibility index (Phi) is 5.57. The molecule has 2 aromatic carbocycles. The molecular formula is C20H19ClN4O2. The van der Waals surface area contributed by atoms with E-state index < -0.39 is 0 Å². The van der Waals surface area contributed by atoms with Crippen LogP contribution in [0.3, 0.4) is 0 Å². The second-order valence-corrected chi connectivity index (χ2v) is 6.30. The third-order valence-corrected chi connectivity index (χ3v) is 4.22. The quantitative estimate of drug-likeness (QED) is 0.705. The number of carbonyl (C=O) groups excluding carboxylic acids is 1. The van der Waals surface area contributed by atoms with E-state index in [0.29, 0.717) is 33.8 Å². The first-order valence-electron chi connectivity index (χ1n) is 8.27. The number of halogens is 1. The molecule has 1 N–H and O–H groups in total. The summed E-state index contributed by atoms with van der Waals surface area (Å²) in [5.74, 6) is 0.677. The van der Waals surface area contributed by atoms with E-state index in [1.54, 1.807) is 43.3 Å². The van der Waals surface area contributed by atoms with Gasteiger partial charge in [-0.25, -0.2) is 9.97 Å². The van der Waals surface area contributed by atoms with E-state index in [0.717, 1.165) is 5.69 Å². The molecule has 138 valence electrons. The molecule has 1 aromatic heterocycles. The monoisotopic (exact) mass is 382 g/mol. The van der Waals surface area contributed by atoms with Crippen LogP contribution in [0, 0.1) is 6.92 Å². The number of anilines is 3. The van der Waals surface area contributed by atoms with Gasteiger partial charge in [-0.1, -0.05) is 29.8 Å². The van der Waals surface area contributed by atoms with Crippen molar-refractivity contribution in [2.24, 2.45) is 0 Å². The molecule has 6 nitrogen and oxygen atoms in total. The zero-order valence-electron chi connectivity index (χ0n) is 15.2. The number of carbonyl (C=O) groups is 1. The van der Waals surface area contributed by atoms with Crippen LogP contribution in [0.15, 0.2) is 54.6 Å². The Bertz CT molecular complexity index is 963. The molecule has 0 aliphatic carbocycles. The smallest absolute Gasteiger partial charge is 0.276 e. The van der Waals surface area contributed by atoms with E-state index in [1.165, 1.54) is 0 Å². The van der Waals surface area contributed by atoms with Gasteiger partial charge in [0.1, 0.15) is 11.4 Å². The average molecular weight is 383 g/mol. The van der Waals surface area contributed by atoms with Crippen LogP contribution in [0.4, 0.5) is 17.3 Å². The van der Waals surface area contributed by atoms with Crippen molar-refractivity contribution in [1.29, 1.82) is 0 Å². The van der Waals surface area contributed by atoms with Crippen molar-refractivity contribution in [3.63, 3.8) is 0 Å². The molecule has 0 atom stereocenters. The highest BCUT2D eigenvalue weighted by Gasteiger charge is 2.17. The minimum absolute atomic E-state index is 0.220. The van der Waals surface area contributed by atoms with E-state index in [9.17, 15) is 4.79 Å². The highest BCUT2D eigenvalue weighted by molar-refractivity contribution is 6.32. The van der Waals surface area contributed by atoms with Gasteiger partial charge in [-0.05, 0) is 43.3 Å². The average Bonchev–Trinajstić information content (AvgIpc) is 2.67. The van der Waals surface area contributed by atoms with Gasteiger partial charge in [-0.2, -0.15) is 0 Å². The van der Waals surface area contributed by atoms with Gasteiger partial charge < -0.3 is 15.0 Å². The summed E-state index contributed by atoms with van der Waals surface area (Å²) in [5, 5.41) is 3.55. The molecule has 0 bridgehead atoms. The molecule has 0 saturated carbocycles. The molecule has 3 rings (SSSR count). The molecule has 7 heteroatoms. The molecule has 1 amide bonds. The third-order valence-electron chi connectivity index (χ3n) is 3.93. The number of ether oxygens (including phenoxy) is 1. The van der Waals surface area contributed by atoms with Crippen molar-refractivity contribution >= 4 is 34.8 Å². The van der Waals surface area contributed by atoms with Crippen molar-refractivity contribution in [3.8, 4) is 5.75 Å². The lowest BCUT2D eigenvalue weighted by Gasteiger charge is -2.17. The van der Waals surface area contributed by atoms with Crippen molar-refractivity contribution in [1.82, 2.24) is 9.97 Å². The molecule has 1 heterocycles. The number of amides is 1. The van der Waals surface area contributed by atoms with E-state index >= 15 is 0 Å². The number of nitrogens with one attached hydrogen (secondary N) is 1. The van der Waals surface area contributed by atoms with Gasteiger partial charge >= 0.3 is 0 Å². The molecule has 0 aliphatic rings. The summed E-state index contributed by atoms with van der Waals surface area (Å²) in [4.78, 5) is 23.1. The summed E-state index contributed by atoms with van der Waals surface area (Å²) in [7, 11) is 3.27. The standard InChI is InChI=1S/C20H19ClN4O2/c1-13-11-17(19(26)25(2)15-7-5-4-6-8-15)24-20(22-13)23-14-9-10-18(27-3)16(21)12-14/h4-12H,1-3H3,(H,22,23,24). The zero-order chi connectivity index (χ0) is 19.4. The molecule has 0 unspecified atom stereocenters. The summed E-state index contributed by atoms with van der Waals surface area (Å²) < 4.78 is 5.15. The molecule has 0 fully saturated rings. The minimum atomic E-state index is -0.220. The normalized spacial score (nSPS) is 10.4. The Morgan fingerprint density at radius 2 is 1.85 bits per heavy atom. The number of nitrogens with zero attached hydrogens (tertiary/aromatic N) is 3. The summed E-state index contributed by atoms with van der Waals surface area (Å²) in [5.41, 5.74) is 2.46. The molecular weight excluding hydrogens is 364 g/mol. The Morgan fingerprint density at radius 3 is 2.52 bits per heavy atom. The van der Waals surface area contributed by atoms with Crippen LogP contribution in [0.25, 0.3) is 0 Å². The van der Waals surface area contributed by atoms with Crippen LogP contribution in [0.1, 0.15) is 16.2 Å². The van der Waals surface area contributed by atoms with Gasteiger partial charge in [0.05, 0.1) is 12.1 Å². The van der Waals surface area contributed by atoms with E-state index in [1.807, 2.05) is 37.3 Å². The Balaban J connectivity index is 1.86. The summed E-state index contributed by atoms with van der Waals surface area (Å²) >= 11 is 6.15. The number of hydrogen-bond donors (Lipinski definition) is 1. The van der Waals surface area contributed by atoms with Crippen molar-refractivity contribution in [3.05, 3.63) is 71.0 Å². The highest BCUT2D eigenvalue weighted by Crippen LogP contribution is 2.28. The number of aryl methyl sites for hydroxylation is 1. The molecule has 0 aliphatic heterocycles. The van der Waals surface area contributed by atoms with Crippen molar-refractivity contribution in [2.75, 3.05) is 24.4 Å². The number of benzene rings is 2. The maximum Gasteiger partial charge on any atom is 0.276 e.